The zero-order valence-corrected chi connectivity index (χ0v) is 18.7. The van der Waals surface area contributed by atoms with E-state index in [9.17, 15) is 18.0 Å². The van der Waals surface area contributed by atoms with Gasteiger partial charge in [0.25, 0.3) is 5.91 Å². The van der Waals surface area contributed by atoms with E-state index in [1.54, 1.807) is 4.90 Å². The molecule has 6 nitrogen and oxygen atoms in total. The average Bonchev–Trinajstić information content (AvgIpc) is 3.40. The van der Waals surface area contributed by atoms with Crippen LogP contribution in [-0.2, 0) is 6.18 Å². The van der Waals surface area contributed by atoms with Gasteiger partial charge >= 0.3 is 12.9 Å². The number of hydrogen-bond donors (Lipinski definition) is 0. The van der Waals surface area contributed by atoms with Gasteiger partial charge < -0.3 is 9.64 Å². The van der Waals surface area contributed by atoms with Crippen LogP contribution in [0.4, 0.5) is 13.2 Å². The van der Waals surface area contributed by atoms with Crippen LogP contribution in [0.5, 0.6) is 5.75 Å². The number of aromatic nitrogens is 1. The topological polar surface area (TPSA) is 50.0 Å². The van der Waals surface area contributed by atoms with Crippen molar-refractivity contribution in [3.63, 3.8) is 0 Å². The first-order chi connectivity index (χ1) is 15.6. The van der Waals surface area contributed by atoms with E-state index in [0.717, 1.165) is 29.8 Å². The zero-order valence-electron chi connectivity index (χ0n) is 18.7. The molecule has 33 heavy (non-hydrogen) atoms. The molecule has 2 aliphatic rings. The van der Waals surface area contributed by atoms with Crippen LogP contribution in [0.3, 0.4) is 0 Å². The number of hydrogen-bond acceptors (Lipinski definition) is 4. The van der Waals surface area contributed by atoms with Crippen LogP contribution in [0.15, 0.2) is 30.5 Å². The summed E-state index contributed by atoms with van der Waals surface area (Å²) in [6.45, 7) is 14.3. The Kier molecular flexibility index (Phi) is 6.06. The van der Waals surface area contributed by atoms with Crippen LogP contribution < -0.4 is 4.74 Å². The third-order valence-electron chi connectivity index (χ3n) is 6.86. The molecule has 0 saturated carbocycles. The highest BCUT2D eigenvalue weighted by Gasteiger charge is 2.47. The third kappa shape index (κ3) is 4.27. The van der Waals surface area contributed by atoms with Crippen molar-refractivity contribution in [2.75, 3.05) is 19.8 Å². The van der Waals surface area contributed by atoms with Crippen LogP contribution in [0, 0.1) is 20.4 Å². The monoisotopic (exact) mass is 458 g/mol. The Labute approximate surface area is 190 Å². The number of rotatable bonds is 5. The summed E-state index contributed by atoms with van der Waals surface area (Å²) in [5.41, 5.74) is 2.49. The first-order valence-corrected chi connectivity index (χ1v) is 10.8. The van der Waals surface area contributed by atoms with Gasteiger partial charge in [0.05, 0.1) is 5.56 Å². The molecule has 0 radical (unpaired) electrons. The minimum absolute atomic E-state index is 0.0105. The van der Waals surface area contributed by atoms with Crippen LogP contribution in [0.25, 0.3) is 4.85 Å². The van der Waals surface area contributed by atoms with Crippen molar-refractivity contribution in [1.29, 1.82) is 0 Å². The van der Waals surface area contributed by atoms with Gasteiger partial charge in [-0.05, 0) is 62.1 Å². The molecule has 4 rings (SSSR count). The normalized spacial score (nSPS) is 21.2. The smallest absolute Gasteiger partial charge is 0.426 e. The molecule has 2 fully saturated rings. The van der Waals surface area contributed by atoms with Crippen LogP contribution in [0.1, 0.15) is 52.1 Å². The van der Waals surface area contributed by atoms with Crippen molar-refractivity contribution >= 4 is 5.91 Å². The van der Waals surface area contributed by atoms with Crippen molar-refractivity contribution in [1.82, 2.24) is 14.8 Å². The SMILES string of the molecule is [C-]#[N+]COc1ccc([C@H](C)N2C[C@@H]3C[C@H]2CN3C(=O)c2ccc(C(F)(F)F)nc2)c(C)c1C. The molecule has 9 heteroatoms. The summed E-state index contributed by atoms with van der Waals surface area (Å²) in [5, 5.41) is 0. The Morgan fingerprint density at radius 3 is 2.55 bits per heavy atom. The number of halogens is 3. The van der Waals surface area contributed by atoms with E-state index >= 15 is 0 Å². The molecule has 1 amide bonds. The Morgan fingerprint density at radius 1 is 1.21 bits per heavy atom. The molecule has 2 aliphatic heterocycles. The van der Waals surface area contributed by atoms with Gasteiger partial charge in [-0.25, -0.2) is 6.57 Å². The number of carbonyl (C=O) groups is 1. The molecule has 3 atom stereocenters. The average molecular weight is 458 g/mol. The van der Waals surface area contributed by atoms with E-state index in [1.165, 1.54) is 11.6 Å². The lowest BCUT2D eigenvalue weighted by atomic mass is 9.96. The lowest BCUT2D eigenvalue weighted by molar-refractivity contribution is -0.141. The van der Waals surface area contributed by atoms with E-state index in [4.69, 9.17) is 11.3 Å². The predicted molar refractivity (Wildman–Crippen MR) is 116 cm³/mol. The van der Waals surface area contributed by atoms with Crippen molar-refractivity contribution < 1.29 is 22.7 Å². The largest absolute Gasteiger partial charge is 0.433 e. The number of likely N-dealkylation sites (tertiary alicyclic amines) is 2. The third-order valence-corrected chi connectivity index (χ3v) is 6.86. The number of fused-ring (bicyclic) bond motifs is 2. The Hall–Kier alpha value is -3.12. The number of nitrogens with zero attached hydrogens (tertiary/aromatic N) is 4. The molecule has 3 heterocycles. The highest BCUT2D eigenvalue weighted by molar-refractivity contribution is 5.94. The molecular weight excluding hydrogens is 433 g/mol. The fourth-order valence-corrected chi connectivity index (χ4v) is 4.98. The number of amides is 1. The predicted octanol–water partition coefficient (Wildman–Crippen LogP) is 4.63. The first-order valence-electron chi connectivity index (χ1n) is 10.8. The van der Waals surface area contributed by atoms with Gasteiger partial charge in [-0.1, -0.05) is 6.07 Å². The van der Waals surface area contributed by atoms with Crippen LogP contribution in [-0.4, -0.2) is 52.6 Å². The minimum Gasteiger partial charge on any atom is -0.426 e. The fourth-order valence-electron chi connectivity index (χ4n) is 4.98. The van der Waals surface area contributed by atoms with Gasteiger partial charge in [-0.3, -0.25) is 19.5 Å². The summed E-state index contributed by atoms with van der Waals surface area (Å²) in [6, 6.07) is 6.35. The molecule has 1 aromatic heterocycles. The molecule has 1 aromatic carbocycles. The van der Waals surface area contributed by atoms with Crippen molar-refractivity contribution in [2.24, 2.45) is 0 Å². The Balaban J connectivity index is 1.45. The van der Waals surface area contributed by atoms with Crippen molar-refractivity contribution in [3.8, 4) is 5.75 Å². The molecule has 0 unspecified atom stereocenters. The van der Waals surface area contributed by atoms with Crippen molar-refractivity contribution in [2.45, 2.75) is 51.5 Å². The number of benzene rings is 1. The van der Waals surface area contributed by atoms with E-state index < -0.39 is 11.9 Å². The fraction of sp³-hybridized carbons (Fsp3) is 0.458. The van der Waals surface area contributed by atoms with Gasteiger partial charge in [0, 0.05) is 37.4 Å². The lowest BCUT2D eigenvalue weighted by Crippen LogP contribution is -2.49. The number of alkyl halides is 3. The van der Waals surface area contributed by atoms with E-state index in [1.807, 2.05) is 26.0 Å². The van der Waals surface area contributed by atoms with Gasteiger partial charge in [-0.15, -0.1) is 0 Å². The van der Waals surface area contributed by atoms with Gasteiger partial charge in [0.1, 0.15) is 11.4 Å². The molecule has 0 aliphatic carbocycles. The highest BCUT2D eigenvalue weighted by atomic mass is 19.4. The number of piperazine rings is 1. The lowest BCUT2D eigenvalue weighted by Gasteiger charge is -2.38. The molecule has 2 bridgehead atoms. The first kappa shape index (κ1) is 23.1. The summed E-state index contributed by atoms with van der Waals surface area (Å²) < 4.78 is 43.8. The van der Waals surface area contributed by atoms with Crippen molar-refractivity contribution in [3.05, 3.63) is 69.8 Å². The maximum absolute atomic E-state index is 12.9. The summed E-state index contributed by atoms with van der Waals surface area (Å²) >= 11 is 0. The van der Waals surface area contributed by atoms with Crippen LogP contribution >= 0.6 is 0 Å². The van der Waals surface area contributed by atoms with Crippen LogP contribution in [0.2, 0.25) is 0 Å². The molecule has 0 spiro atoms. The second-order valence-corrected chi connectivity index (χ2v) is 8.64. The summed E-state index contributed by atoms with van der Waals surface area (Å²) in [6.07, 6.45) is -2.67. The second kappa shape index (κ2) is 8.67. The molecule has 174 valence electrons. The maximum Gasteiger partial charge on any atom is 0.433 e. The van der Waals surface area contributed by atoms with Gasteiger partial charge in [0.2, 0.25) is 0 Å². The Bertz CT molecular complexity index is 1090. The molecule has 0 N–H and O–H groups in total. The number of ether oxygens (including phenoxy) is 1. The van der Waals surface area contributed by atoms with E-state index in [-0.39, 0.29) is 36.3 Å². The molecule has 2 saturated heterocycles. The summed E-state index contributed by atoms with van der Waals surface area (Å²) in [7, 11) is 0. The summed E-state index contributed by atoms with van der Waals surface area (Å²) in [4.78, 5) is 23.7. The Morgan fingerprint density at radius 2 is 1.97 bits per heavy atom. The van der Waals surface area contributed by atoms with Gasteiger partial charge in [0.15, 0.2) is 0 Å². The van der Waals surface area contributed by atoms with Gasteiger partial charge in [-0.2, -0.15) is 13.2 Å². The number of pyridine rings is 1. The molecule has 2 aromatic rings. The second-order valence-electron chi connectivity index (χ2n) is 8.64. The standard InChI is InChI=1S/C24H25F3N4O2/c1-14-15(2)21(33-13-28-4)7-6-20(14)16(3)30-11-19-9-18(30)12-31(19)23(32)17-5-8-22(29-10-17)24(25,26)27/h5-8,10,16,18-19H,9,11-13H2,1-3H3/t16-,18-,19-/m0/s1. The zero-order chi connectivity index (χ0) is 23.9. The maximum atomic E-state index is 12.9. The highest BCUT2D eigenvalue weighted by Crippen LogP contribution is 2.39. The minimum atomic E-state index is -4.53. The van der Waals surface area contributed by atoms with E-state index in [2.05, 4.69) is 21.7 Å². The number of carbonyl (C=O) groups excluding carboxylic acids is 1. The van der Waals surface area contributed by atoms with E-state index in [0.29, 0.717) is 18.8 Å². The quantitative estimate of drug-likeness (QED) is 0.613. The summed E-state index contributed by atoms with van der Waals surface area (Å²) in [5.74, 6) is 0.439. The molecular formula is C24H25F3N4O2.